The molecular formula is C24H28ClN9O. The third kappa shape index (κ3) is 3.59. The molecule has 0 aliphatic carbocycles. The first-order chi connectivity index (χ1) is 16.8. The van der Waals surface area contributed by atoms with Crippen molar-refractivity contribution in [1.82, 2.24) is 30.1 Å². The number of hydrogen-bond acceptors (Lipinski definition) is 9. The van der Waals surface area contributed by atoms with Gasteiger partial charge in [-0.1, -0.05) is 11.6 Å². The van der Waals surface area contributed by atoms with Crippen molar-refractivity contribution in [2.24, 2.45) is 5.73 Å². The molecule has 35 heavy (non-hydrogen) atoms. The highest BCUT2D eigenvalue weighted by Crippen LogP contribution is 2.43. The van der Waals surface area contributed by atoms with E-state index in [4.69, 9.17) is 27.3 Å². The molecule has 2 bridgehead atoms. The first-order valence-electron chi connectivity index (χ1n) is 11.8. The topological polar surface area (TPSA) is 133 Å². The number of nitrogens with zero attached hydrogens (tertiary/aromatic N) is 7. The Morgan fingerprint density at radius 3 is 2.60 bits per heavy atom. The first-order valence-corrected chi connectivity index (χ1v) is 12.2. The highest BCUT2D eigenvalue weighted by Gasteiger charge is 2.45. The molecule has 182 valence electrons. The van der Waals surface area contributed by atoms with Crippen LogP contribution in [0.25, 0.3) is 33.5 Å². The Labute approximate surface area is 207 Å². The van der Waals surface area contributed by atoms with Crippen LogP contribution >= 0.6 is 11.6 Å². The molecule has 2 aliphatic heterocycles. The summed E-state index contributed by atoms with van der Waals surface area (Å²) >= 11 is 6.82. The molecule has 0 spiro atoms. The Bertz CT molecular complexity index is 1430. The number of rotatable bonds is 4. The van der Waals surface area contributed by atoms with Crippen LogP contribution in [-0.4, -0.2) is 67.0 Å². The fourth-order valence-corrected chi connectivity index (χ4v) is 5.96. The largest absolute Gasteiger partial charge is 0.390 e. The maximum absolute atomic E-state index is 10.2. The zero-order valence-corrected chi connectivity index (χ0v) is 20.7. The molecular weight excluding hydrogens is 466 g/mol. The van der Waals surface area contributed by atoms with Crippen LogP contribution in [-0.2, 0) is 6.61 Å². The van der Waals surface area contributed by atoms with E-state index in [9.17, 15) is 5.11 Å². The van der Waals surface area contributed by atoms with Crippen LogP contribution < -0.4 is 15.5 Å². The van der Waals surface area contributed by atoms with Gasteiger partial charge in [-0.2, -0.15) is 5.10 Å². The SMILES string of the molecule is CN(C)c1cnc2ccc(-c3n[nH]c4nc(N5[C@@H]6CC[C@H]5C[C@@](C)(N)C6)c(CO)nc34)c(Cl)c2n1. The van der Waals surface area contributed by atoms with Gasteiger partial charge >= 0.3 is 0 Å². The first kappa shape index (κ1) is 22.4. The summed E-state index contributed by atoms with van der Waals surface area (Å²) in [5.41, 5.74) is 10.5. The number of halogens is 1. The molecule has 2 fully saturated rings. The molecule has 4 N–H and O–H groups in total. The van der Waals surface area contributed by atoms with Gasteiger partial charge in [0, 0.05) is 37.3 Å². The van der Waals surface area contributed by atoms with E-state index in [2.05, 4.69) is 32.0 Å². The van der Waals surface area contributed by atoms with Gasteiger partial charge in [-0.05, 0) is 44.7 Å². The second-order valence-electron chi connectivity index (χ2n) is 10.2. The third-order valence-electron chi connectivity index (χ3n) is 7.22. The molecule has 4 aromatic rings. The molecule has 1 aromatic carbocycles. The summed E-state index contributed by atoms with van der Waals surface area (Å²) in [5, 5.41) is 18.2. The Balaban J connectivity index is 1.46. The lowest BCUT2D eigenvalue weighted by atomic mass is 9.85. The molecule has 11 heteroatoms. The lowest BCUT2D eigenvalue weighted by molar-refractivity contribution is 0.273. The summed E-state index contributed by atoms with van der Waals surface area (Å²) < 4.78 is 0. The smallest absolute Gasteiger partial charge is 0.177 e. The van der Waals surface area contributed by atoms with Crippen molar-refractivity contribution in [1.29, 1.82) is 0 Å². The van der Waals surface area contributed by atoms with E-state index in [1.54, 1.807) is 6.20 Å². The highest BCUT2D eigenvalue weighted by atomic mass is 35.5. The van der Waals surface area contributed by atoms with Crippen molar-refractivity contribution < 1.29 is 5.11 Å². The number of piperidine rings is 1. The summed E-state index contributed by atoms with van der Waals surface area (Å²) in [5.74, 6) is 1.42. The van der Waals surface area contributed by atoms with Gasteiger partial charge in [0.1, 0.15) is 28.2 Å². The van der Waals surface area contributed by atoms with E-state index in [1.807, 2.05) is 31.1 Å². The van der Waals surface area contributed by atoms with Crippen molar-refractivity contribution in [3.05, 3.63) is 29.0 Å². The number of benzene rings is 1. The molecule has 0 radical (unpaired) electrons. The number of aliphatic hydroxyl groups excluding tert-OH is 1. The van der Waals surface area contributed by atoms with Crippen molar-refractivity contribution in [2.75, 3.05) is 23.9 Å². The van der Waals surface area contributed by atoms with E-state index >= 15 is 0 Å². The lowest BCUT2D eigenvalue weighted by Gasteiger charge is -2.44. The summed E-state index contributed by atoms with van der Waals surface area (Å²) in [6.07, 6.45) is 5.64. The third-order valence-corrected chi connectivity index (χ3v) is 7.60. The molecule has 5 heterocycles. The van der Waals surface area contributed by atoms with E-state index < -0.39 is 0 Å². The zero-order valence-electron chi connectivity index (χ0n) is 20.0. The molecule has 3 aromatic heterocycles. The van der Waals surface area contributed by atoms with Gasteiger partial charge in [0.15, 0.2) is 11.5 Å². The van der Waals surface area contributed by atoms with Gasteiger partial charge in [0.2, 0.25) is 0 Å². The van der Waals surface area contributed by atoms with Gasteiger partial charge < -0.3 is 20.6 Å². The molecule has 2 aliphatic rings. The number of fused-ring (bicyclic) bond motifs is 4. The molecule has 2 saturated heterocycles. The second-order valence-corrected chi connectivity index (χ2v) is 10.6. The number of hydrogen-bond donors (Lipinski definition) is 3. The van der Waals surface area contributed by atoms with Crippen molar-refractivity contribution in [3.63, 3.8) is 0 Å². The van der Waals surface area contributed by atoms with Crippen LogP contribution in [0.5, 0.6) is 0 Å². The van der Waals surface area contributed by atoms with Crippen molar-refractivity contribution in [2.45, 2.75) is 56.8 Å². The number of H-pyrrole nitrogens is 1. The minimum absolute atomic E-state index is 0.178. The minimum Gasteiger partial charge on any atom is -0.390 e. The molecule has 3 atom stereocenters. The maximum Gasteiger partial charge on any atom is 0.177 e. The zero-order chi connectivity index (χ0) is 24.5. The van der Waals surface area contributed by atoms with Gasteiger partial charge in [0.25, 0.3) is 0 Å². The van der Waals surface area contributed by atoms with Crippen LogP contribution in [0.3, 0.4) is 0 Å². The van der Waals surface area contributed by atoms with Crippen LogP contribution in [0, 0.1) is 0 Å². The minimum atomic E-state index is -0.220. The van der Waals surface area contributed by atoms with Crippen LogP contribution in [0.15, 0.2) is 18.3 Å². The van der Waals surface area contributed by atoms with Gasteiger partial charge in [-0.15, -0.1) is 0 Å². The van der Waals surface area contributed by atoms with E-state index in [0.29, 0.717) is 67.9 Å². The van der Waals surface area contributed by atoms with Gasteiger partial charge in [-0.3, -0.25) is 10.1 Å². The van der Waals surface area contributed by atoms with Crippen molar-refractivity contribution in [3.8, 4) is 11.3 Å². The summed E-state index contributed by atoms with van der Waals surface area (Å²) in [7, 11) is 3.81. The summed E-state index contributed by atoms with van der Waals surface area (Å²) in [6.45, 7) is 1.90. The van der Waals surface area contributed by atoms with Crippen LogP contribution in [0.4, 0.5) is 11.6 Å². The van der Waals surface area contributed by atoms with E-state index in [1.165, 1.54) is 0 Å². The Morgan fingerprint density at radius 2 is 1.91 bits per heavy atom. The fraction of sp³-hybridized carbons (Fsp3) is 0.458. The van der Waals surface area contributed by atoms with Crippen molar-refractivity contribution >= 4 is 45.4 Å². The van der Waals surface area contributed by atoms with E-state index in [-0.39, 0.29) is 12.1 Å². The van der Waals surface area contributed by atoms with Gasteiger partial charge in [0.05, 0.1) is 23.3 Å². The molecule has 6 rings (SSSR count). The maximum atomic E-state index is 10.2. The number of aromatic amines is 1. The predicted octanol–water partition coefficient (Wildman–Crippen LogP) is 3.02. The molecule has 0 saturated carbocycles. The van der Waals surface area contributed by atoms with Gasteiger partial charge in [-0.25, -0.2) is 15.0 Å². The quantitative estimate of drug-likeness (QED) is 0.392. The predicted molar refractivity (Wildman–Crippen MR) is 137 cm³/mol. The molecule has 0 unspecified atom stereocenters. The molecule has 0 amide bonds. The standard InChI is InChI=1S/C24H28ClN9O/c1-24(26)8-12-4-5-13(9-24)34(12)23-16(11-35)28-21-19(31-32-22(21)30-23)14-6-7-15-20(18(14)25)29-17(10-27-15)33(2)3/h6-7,10,12-13,35H,4-5,8-9,11,26H2,1-3H3,(H,30,31,32)/t12-,13+,24+. The fourth-order valence-electron chi connectivity index (χ4n) is 5.67. The number of aliphatic hydroxyl groups is 1. The monoisotopic (exact) mass is 493 g/mol. The average molecular weight is 494 g/mol. The Morgan fingerprint density at radius 1 is 1.17 bits per heavy atom. The number of nitrogens with two attached hydrogens (primary N) is 1. The number of aromatic nitrogens is 6. The summed E-state index contributed by atoms with van der Waals surface area (Å²) in [6, 6.07) is 4.32. The second kappa shape index (κ2) is 7.97. The molecule has 10 nitrogen and oxygen atoms in total. The lowest BCUT2D eigenvalue weighted by Crippen LogP contribution is -2.54. The Kier molecular flexibility index (Phi) is 5.10. The van der Waals surface area contributed by atoms with E-state index in [0.717, 1.165) is 25.7 Å². The van der Waals surface area contributed by atoms with Crippen LogP contribution in [0.2, 0.25) is 5.02 Å². The highest BCUT2D eigenvalue weighted by molar-refractivity contribution is 6.38. The van der Waals surface area contributed by atoms with Crippen LogP contribution in [0.1, 0.15) is 38.3 Å². The summed E-state index contributed by atoms with van der Waals surface area (Å²) in [4.78, 5) is 23.1. The number of nitrogens with one attached hydrogen (secondary N) is 1. The average Bonchev–Trinajstić information content (AvgIpc) is 3.36. The Hall–Kier alpha value is -3.08. The number of anilines is 2. The normalized spacial score (nSPS) is 24.0.